The SMILES string of the molecule is C.C.C=CCC(C)C.C=CCOC(=O)C(C)C.CC(=O)C(C)C.CC(C)C.CC(C)C.CC(C)C(=O)OCC1c2ccccc2-c2ccccc21.CC(C)C(=O)OCc1ccccc1.CC(C)CC(C)C.CC(C)CCCCOC(=O)C(C)C.CC(C)COC(=O)C(C)C.CC(C)C[Si](C)(C)C(C)C.CC(C)Cc1ccc(CO)cc1.CC(C)Cc1ccccc1.CCC(C)C. The number of hydrogen-bond acceptors (Lipinski definition) is 12. The van der Waals surface area contributed by atoms with Gasteiger partial charge in [0.05, 0.1) is 57.5 Å². The number of carbonyl (C=O) groups excluding carboxylic acids is 6. The Bertz CT molecular complexity index is 3380. The molecule has 0 heterocycles. The average molecular weight is 1850 g/mol. The summed E-state index contributed by atoms with van der Waals surface area (Å²) in [6.45, 7) is 98.0. The van der Waals surface area contributed by atoms with Gasteiger partial charge in [-0.15, -0.1) is 6.58 Å². The maximum Gasteiger partial charge on any atom is 0.308 e. The van der Waals surface area contributed by atoms with E-state index in [1.54, 1.807) is 26.8 Å². The van der Waals surface area contributed by atoms with Crippen molar-refractivity contribution in [3.8, 4) is 11.1 Å². The Morgan fingerprint density at radius 3 is 0.992 bits per heavy atom. The Morgan fingerprint density at radius 2 is 0.710 bits per heavy atom. The van der Waals surface area contributed by atoms with Crippen LogP contribution >= 0.6 is 0 Å². The lowest BCUT2D eigenvalue weighted by Crippen LogP contribution is -2.30. The molecule has 0 saturated carbocycles. The summed E-state index contributed by atoms with van der Waals surface area (Å²) in [5.74, 6) is 8.45. The number of Topliss-reactive ketones (excluding diaryl/α,β-unsaturated/α-hetero) is 1. The lowest BCUT2D eigenvalue weighted by molar-refractivity contribution is -0.149. The predicted octanol–water partition coefficient (Wildman–Crippen LogP) is 34.4. The van der Waals surface area contributed by atoms with Gasteiger partial charge in [-0.05, 0) is 155 Å². The first-order chi connectivity index (χ1) is 59.8. The number of ether oxygens (including phenoxy) is 5. The molecule has 131 heavy (non-hydrogen) atoms. The first-order valence-electron chi connectivity index (χ1n) is 49.3. The fourth-order valence-electron chi connectivity index (χ4n) is 10.3. The third-order valence-corrected chi connectivity index (χ3v) is 23.3. The topological polar surface area (TPSA) is 169 Å². The van der Waals surface area contributed by atoms with Crippen LogP contribution in [0.2, 0.25) is 24.7 Å². The molecule has 0 amide bonds. The molecule has 5 aromatic carbocycles. The fraction of sp³-hybridized carbons (Fsp3) is 0.661. The highest BCUT2D eigenvalue weighted by Gasteiger charge is 2.30. The van der Waals surface area contributed by atoms with E-state index >= 15 is 0 Å². The van der Waals surface area contributed by atoms with Gasteiger partial charge in [0.15, 0.2) is 0 Å². The van der Waals surface area contributed by atoms with E-state index in [2.05, 4.69) is 278 Å². The molecule has 5 aromatic rings. The molecular formula is C118H212O12Si. The van der Waals surface area contributed by atoms with Crippen molar-refractivity contribution in [3.63, 3.8) is 0 Å². The van der Waals surface area contributed by atoms with Gasteiger partial charge in [0.25, 0.3) is 0 Å². The molecule has 1 aliphatic carbocycles. The number of ketones is 1. The summed E-state index contributed by atoms with van der Waals surface area (Å²) in [5.41, 5.74) is 10.8. The van der Waals surface area contributed by atoms with Crippen LogP contribution in [-0.2, 0) is 78.5 Å². The van der Waals surface area contributed by atoms with Gasteiger partial charge in [-0.3, -0.25) is 28.8 Å². The number of hydrogen-bond donors (Lipinski definition) is 1. The second-order valence-corrected chi connectivity index (χ2v) is 47.1. The molecule has 0 bridgehead atoms. The van der Waals surface area contributed by atoms with Gasteiger partial charge in [0, 0.05) is 11.8 Å². The molecule has 12 nitrogen and oxygen atoms in total. The quantitative estimate of drug-likeness (QED) is 0.0142. The summed E-state index contributed by atoms with van der Waals surface area (Å²) < 4.78 is 25.2. The zero-order valence-electron chi connectivity index (χ0n) is 91.3. The van der Waals surface area contributed by atoms with Gasteiger partial charge in [-0.2, -0.15) is 0 Å². The summed E-state index contributed by atoms with van der Waals surface area (Å²) in [6.07, 6.45) is 13.0. The lowest BCUT2D eigenvalue weighted by Gasteiger charge is -2.28. The minimum absolute atomic E-state index is 0. The van der Waals surface area contributed by atoms with E-state index in [1.807, 2.05) is 144 Å². The van der Waals surface area contributed by atoms with Crippen LogP contribution in [0, 0.1) is 101 Å². The Hall–Kier alpha value is -7.22. The van der Waals surface area contributed by atoms with Crippen LogP contribution in [0.15, 0.2) is 159 Å². The van der Waals surface area contributed by atoms with Crippen molar-refractivity contribution in [2.75, 3.05) is 26.4 Å². The van der Waals surface area contributed by atoms with E-state index < -0.39 is 8.07 Å². The van der Waals surface area contributed by atoms with Crippen LogP contribution in [0.25, 0.3) is 11.1 Å². The van der Waals surface area contributed by atoms with E-state index in [9.17, 15) is 28.8 Å². The van der Waals surface area contributed by atoms with Crippen LogP contribution in [0.5, 0.6) is 0 Å². The van der Waals surface area contributed by atoms with Crippen molar-refractivity contribution in [2.24, 2.45) is 101 Å². The number of allylic oxidation sites excluding steroid dienone is 1. The minimum atomic E-state index is -0.844. The van der Waals surface area contributed by atoms with Gasteiger partial charge in [0.2, 0.25) is 0 Å². The molecule has 760 valence electrons. The number of aliphatic hydroxyl groups excluding tert-OH is 1. The number of esters is 5. The van der Waals surface area contributed by atoms with Gasteiger partial charge in [0.1, 0.15) is 25.6 Å². The highest BCUT2D eigenvalue weighted by molar-refractivity contribution is 6.78. The van der Waals surface area contributed by atoms with Crippen LogP contribution in [0.3, 0.4) is 0 Å². The van der Waals surface area contributed by atoms with Crippen LogP contribution in [0.1, 0.15) is 370 Å². The number of rotatable bonds is 32. The Balaban J connectivity index is -0.000000154. The highest BCUT2D eigenvalue weighted by atomic mass is 28.3. The van der Waals surface area contributed by atoms with E-state index in [-0.39, 0.29) is 98.5 Å². The Labute approximate surface area is 813 Å². The molecule has 0 spiro atoms. The summed E-state index contributed by atoms with van der Waals surface area (Å²) in [5, 5.41) is 8.81. The fourth-order valence-corrected chi connectivity index (χ4v) is 12.9. The molecule has 0 aliphatic heterocycles. The first-order valence-corrected chi connectivity index (χ1v) is 52.6. The summed E-state index contributed by atoms with van der Waals surface area (Å²) in [7, 11) is -0.844. The summed E-state index contributed by atoms with van der Waals surface area (Å²) >= 11 is 0. The van der Waals surface area contributed by atoms with Crippen molar-refractivity contribution < 1.29 is 57.6 Å². The molecule has 0 radical (unpaired) electrons. The van der Waals surface area contributed by atoms with Gasteiger partial charge in [-0.1, -0.05) is 475 Å². The molecule has 1 aliphatic rings. The minimum Gasteiger partial charge on any atom is -0.465 e. The van der Waals surface area contributed by atoms with Gasteiger partial charge in [-0.25, -0.2) is 0 Å². The van der Waals surface area contributed by atoms with Gasteiger partial charge < -0.3 is 28.8 Å². The number of aliphatic hydroxyl groups is 1. The van der Waals surface area contributed by atoms with Gasteiger partial charge >= 0.3 is 29.8 Å². The van der Waals surface area contributed by atoms with E-state index in [4.69, 9.17) is 28.8 Å². The van der Waals surface area contributed by atoms with Crippen molar-refractivity contribution in [3.05, 3.63) is 192 Å². The second kappa shape index (κ2) is 90.6. The van der Waals surface area contributed by atoms with E-state index in [0.717, 1.165) is 95.6 Å². The highest BCUT2D eigenvalue weighted by Crippen LogP contribution is 2.44. The number of unbranched alkanes of at least 4 members (excludes halogenated alkanes) is 1. The first kappa shape index (κ1) is 144. The number of benzene rings is 5. The second-order valence-electron chi connectivity index (χ2n) is 41.6. The van der Waals surface area contributed by atoms with E-state index in [0.29, 0.717) is 44.9 Å². The molecule has 13 heteroatoms. The molecule has 0 atom stereocenters. The van der Waals surface area contributed by atoms with Crippen LogP contribution in [-0.4, -0.2) is 75.2 Å². The van der Waals surface area contributed by atoms with Crippen LogP contribution in [0.4, 0.5) is 0 Å². The maximum atomic E-state index is 11.7. The molecule has 0 unspecified atom stereocenters. The normalized spacial score (nSPS) is 10.7. The zero-order valence-corrected chi connectivity index (χ0v) is 92.3. The molecular weight excluding hydrogens is 1640 g/mol. The third-order valence-electron chi connectivity index (χ3n) is 18.3. The van der Waals surface area contributed by atoms with Crippen molar-refractivity contribution in [2.45, 2.75) is 387 Å². The standard InChI is InChI=1S/C18H18O2.C11H14O2.C11H22O2.C11H16O.C10H14.C9H22Si.C8H16O2.C7H12O2.C7H16.C6H12.C5H10O.C5H12.2C4H10.2CH4/c1-12(2)18(19)20-11-17-15-9-5-3-7-13(15)14-8-4-6-10-16(14)17;1-9(2)11(12)13-8-10-6-4-3-5-7-10;1-9(2)7-5-6-8-13-11(12)10(3)4;1-9(2)7-10-3-5-11(8-12)6-4-10;1-9(2)8-10-6-4-3-5-7-10;1-8(2)7-10(5,6)9(3)4;1-6(2)5-10-8(9)7(3)4;1-4-5-9-7(8)6(2)3;1-6(2)5-7(3)4;1-4-5-6(2)3;1-4(2)5(3)6;1-4-5(2)3;2*1-4(2)3;;/h3-10,12,17H,11H2,1-2H3;3-7,9H,8H2,1-2H3;9-10H,5-8H2,1-4H3;3-6,9,12H,7-8H2,1-2H3;3-7,9H,8H2,1-2H3;8-9H,7H2,1-6H3;6-7H,5H2,1-4H3;4,6H,1,5H2,2-3H3;6-7H,5H2,1-4H3;4,6H,1,5H2,2-3H3;4H,1-3H3;5H,4H2,1-3H3;2*4H,1-3H3;2*1H4. The Kier molecular flexibility index (Phi) is 99.7. The zero-order chi connectivity index (χ0) is 102. The largest absolute Gasteiger partial charge is 0.465 e. The third kappa shape index (κ3) is 100. The van der Waals surface area contributed by atoms with Crippen molar-refractivity contribution >= 4 is 43.7 Å². The Morgan fingerprint density at radius 1 is 0.374 bits per heavy atom. The number of fused-ring (bicyclic) bond motifs is 3. The maximum absolute atomic E-state index is 11.7. The molecule has 0 aromatic heterocycles. The smallest absolute Gasteiger partial charge is 0.308 e. The summed E-state index contributed by atoms with van der Waals surface area (Å²) in [4.78, 5) is 65.4. The number of carbonyl (C=O) groups is 6. The van der Waals surface area contributed by atoms with E-state index in [1.165, 1.54) is 65.1 Å². The van der Waals surface area contributed by atoms with Crippen molar-refractivity contribution in [1.29, 1.82) is 0 Å². The monoisotopic (exact) mass is 1850 g/mol. The lowest BCUT2D eigenvalue weighted by atomic mass is 9.98. The van der Waals surface area contributed by atoms with Crippen molar-refractivity contribution in [1.82, 2.24) is 0 Å². The molecule has 0 fully saturated rings. The molecule has 0 saturated heterocycles. The molecule has 1 N–H and O–H groups in total. The average Bonchev–Trinajstić information content (AvgIpc) is 1.62. The molecule has 6 rings (SSSR count). The van der Waals surface area contributed by atoms with Crippen LogP contribution < -0.4 is 0 Å². The predicted molar refractivity (Wildman–Crippen MR) is 579 cm³/mol. The summed E-state index contributed by atoms with van der Waals surface area (Å²) in [6, 6.07) is 46.6.